The first-order chi connectivity index (χ1) is 7.60. The number of nitrogens with zero attached hydrogens (tertiary/aromatic N) is 2. The summed E-state index contributed by atoms with van der Waals surface area (Å²) in [6.07, 6.45) is 3.25. The molecule has 0 radical (unpaired) electrons. The van der Waals surface area contributed by atoms with Crippen molar-refractivity contribution in [2.75, 3.05) is 0 Å². The van der Waals surface area contributed by atoms with Gasteiger partial charge in [0.1, 0.15) is 0 Å². The van der Waals surface area contributed by atoms with Crippen molar-refractivity contribution in [3.63, 3.8) is 0 Å². The van der Waals surface area contributed by atoms with Gasteiger partial charge < -0.3 is 17.2 Å². The summed E-state index contributed by atoms with van der Waals surface area (Å²) in [6.45, 7) is 9.08. The summed E-state index contributed by atoms with van der Waals surface area (Å²) in [7, 11) is 0. The van der Waals surface area contributed by atoms with Gasteiger partial charge in [-0.25, -0.2) is 4.99 Å². The summed E-state index contributed by atoms with van der Waals surface area (Å²) < 4.78 is 0. The van der Waals surface area contributed by atoms with Crippen LogP contribution >= 0.6 is 0 Å². The van der Waals surface area contributed by atoms with Gasteiger partial charge in [-0.3, -0.25) is 0 Å². The van der Waals surface area contributed by atoms with Crippen LogP contribution in [-0.4, -0.2) is 18.0 Å². The molecule has 0 aliphatic heterocycles. The molecular weight excluding hydrogens is 214 g/mol. The third-order valence-electron chi connectivity index (χ3n) is 3.09. The molecule has 0 bridgehead atoms. The Labute approximate surface area is 104 Å². The van der Waals surface area contributed by atoms with Crippen LogP contribution in [0, 0.1) is 10.8 Å². The minimum Gasteiger partial charge on any atom is -0.370 e. The van der Waals surface area contributed by atoms with E-state index < -0.39 is 0 Å². The van der Waals surface area contributed by atoms with E-state index in [1.807, 2.05) is 0 Å². The van der Waals surface area contributed by atoms with Crippen molar-refractivity contribution in [1.29, 1.82) is 0 Å². The molecule has 0 heterocycles. The zero-order chi connectivity index (χ0) is 13.3. The van der Waals surface area contributed by atoms with E-state index in [4.69, 9.17) is 17.2 Å². The van der Waals surface area contributed by atoms with Crippen molar-refractivity contribution in [3.8, 4) is 0 Å². The van der Waals surface area contributed by atoms with Crippen molar-refractivity contribution in [2.45, 2.75) is 53.0 Å². The van der Waals surface area contributed by atoms with Crippen molar-refractivity contribution in [1.82, 2.24) is 0 Å². The molecule has 0 unspecified atom stereocenters. The highest BCUT2D eigenvalue weighted by Crippen LogP contribution is 2.46. The maximum atomic E-state index is 5.69. The van der Waals surface area contributed by atoms with Crippen molar-refractivity contribution >= 4 is 11.9 Å². The third kappa shape index (κ3) is 4.63. The molecule has 0 aromatic carbocycles. The average Bonchev–Trinajstić information content (AvgIpc) is 1.93. The molecule has 1 fully saturated rings. The first-order valence-corrected chi connectivity index (χ1v) is 6.03. The summed E-state index contributed by atoms with van der Waals surface area (Å²) >= 11 is 0. The van der Waals surface area contributed by atoms with E-state index in [0.29, 0.717) is 0 Å². The molecule has 1 saturated carbocycles. The summed E-state index contributed by atoms with van der Waals surface area (Å²) in [6, 6.07) is 0.205. The highest BCUT2D eigenvalue weighted by Gasteiger charge is 2.38. The van der Waals surface area contributed by atoms with E-state index in [1.54, 1.807) is 0 Å². The number of guanidine groups is 2. The Morgan fingerprint density at radius 2 is 1.47 bits per heavy atom. The molecule has 6 N–H and O–H groups in total. The van der Waals surface area contributed by atoms with Gasteiger partial charge in [-0.1, -0.05) is 27.7 Å². The number of rotatable bonds is 1. The van der Waals surface area contributed by atoms with Crippen LogP contribution in [0.4, 0.5) is 0 Å². The lowest BCUT2D eigenvalue weighted by molar-refractivity contribution is 0.0996. The molecule has 98 valence electrons. The standard InChI is InChI=1S/C12H25N5/c1-11(2)5-8(6-12(3,4)7-11)16-10(15)17-9(13)14/h8H,5-7H2,1-4H3,(H6,13,14,15,16,17). The van der Waals surface area contributed by atoms with Crippen LogP contribution in [-0.2, 0) is 0 Å². The zero-order valence-electron chi connectivity index (χ0n) is 11.3. The first kappa shape index (κ1) is 13.8. The van der Waals surface area contributed by atoms with Crippen LogP contribution in [0.2, 0.25) is 0 Å². The lowest BCUT2D eigenvalue weighted by Crippen LogP contribution is -2.37. The molecule has 0 aromatic rings. The molecule has 0 atom stereocenters. The maximum Gasteiger partial charge on any atom is 0.218 e. The van der Waals surface area contributed by atoms with Crippen LogP contribution in [0.1, 0.15) is 47.0 Å². The largest absolute Gasteiger partial charge is 0.370 e. The van der Waals surface area contributed by atoms with Crippen molar-refractivity contribution in [3.05, 3.63) is 0 Å². The normalized spacial score (nSPS) is 24.4. The van der Waals surface area contributed by atoms with Crippen LogP contribution in [0.3, 0.4) is 0 Å². The van der Waals surface area contributed by atoms with E-state index >= 15 is 0 Å². The molecule has 0 aromatic heterocycles. The Morgan fingerprint density at radius 1 is 1.00 bits per heavy atom. The molecule has 1 aliphatic rings. The Bertz CT molecular complexity index is 321. The molecule has 0 amide bonds. The van der Waals surface area contributed by atoms with Gasteiger partial charge in [0.25, 0.3) is 0 Å². The van der Waals surface area contributed by atoms with Gasteiger partial charge in [-0.05, 0) is 30.1 Å². The highest BCUT2D eigenvalue weighted by atomic mass is 15.1. The molecule has 5 heteroatoms. The fraction of sp³-hybridized carbons (Fsp3) is 0.833. The first-order valence-electron chi connectivity index (χ1n) is 6.03. The number of nitrogens with two attached hydrogens (primary N) is 3. The molecule has 0 saturated heterocycles. The van der Waals surface area contributed by atoms with Gasteiger partial charge in [0, 0.05) is 0 Å². The summed E-state index contributed by atoms with van der Waals surface area (Å²) in [5.41, 5.74) is 16.8. The van der Waals surface area contributed by atoms with Crippen LogP contribution in [0.5, 0.6) is 0 Å². The second-order valence-corrected chi connectivity index (χ2v) is 6.59. The lowest BCUT2D eigenvalue weighted by atomic mass is 9.64. The molecule has 17 heavy (non-hydrogen) atoms. The summed E-state index contributed by atoms with van der Waals surface area (Å²) in [5.74, 6) is 0.143. The minimum absolute atomic E-state index is 0.0411. The number of hydrogen-bond acceptors (Lipinski definition) is 1. The third-order valence-corrected chi connectivity index (χ3v) is 3.09. The fourth-order valence-corrected chi connectivity index (χ4v) is 3.23. The van der Waals surface area contributed by atoms with Crippen molar-refractivity contribution in [2.24, 2.45) is 38.0 Å². The predicted octanol–water partition coefficient (Wildman–Crippen LogP) is 1.18. The van der Waals surface area contributed by atoms with Crippen molar-refractivity contribution < 1.29 is 0 Å². The Balaban J connectivity index is 2.82. The van der Waals surface area contributed by atoms with E-state index in [0.717, 1.165) is 12.8 Å². The summed E-state index contributed by atoms with van der Waals surface area (Å²) in [4.78, 5) is 8.18. The Hall–Kier alpha value is -1.26. The number of aliphatic imine (C=N–C) groups is 2. The zero-order valence-corrected chi connectivity index (χ0v) is 11.3. The smallest absolute Gasteiger partial charge is 0.218 e. The second kappa shape index (κ2) is 4.55. The SMILES string of the molecule is CC1(C)CC(N=C(N)N=C(N)N)CC(C)(C)C1. The summed E-state index contributed by atoms with van der Waals surface area (Å²) in [5, 5.41) is 0. The molecular formula is C12H25N5. The van der Waals surface area contributed by atoms with E-state index in [9.17, 15) is 0 Å². The molecule has 0 spiro atoms. The van der Waals surface area contributed by atoms with Crippen LogP contribution < -0.4 is 17.2 Å². The predicted molar refractivity (Wildman–Crippen MR) is 72.6 cm³/mol. The van der Waals surface area contributed by atoms with Crippen LogP contribution in [0.25, 0.3) is 0 Å². The van der Waals surface area contributed by atoms with Gasteiger partial charge in [0.2, 0.25) is 5.96 Å². The quantitative estimate of drug-likeness (QED) is 0.473. The monoisotopic (exact) mass is 239 g/mol. The average molecular weight is 239 g/mol. The minimum atomic E-state index is -0.0411. The topological polar surface area (TPSA) is 103 Å². The van der Waals surface area contributed by atoms with Gasteiger partial charge in [0.05, 0.1) is 6.04 Å². The molecule has 1 aliphatic carbocycles. The maximum absolute atomic E-state index is 5.69. The Morgan fingerprint density at radius 3 is 1.88 bits per heavy atom. The lowest BCUT2D eigenvalue weighted by Gasteiger charge is -2.43. The van der Waals surface area contributed by atoms with Crippen LogP contribution in [0.15, 0.2) is 9.98 Å². The number of hydrogen-bond donors (Lipinski definition) is 3. The molecule has 5 nitrogen and oxygen atoms in total. The van der Waals surface area contributed by atoms with E-state index in [1.165, 1.54) is 6.42 Å². The Kier molecular flexibility index (Phi) is 3.69. The fourth-order valence-electron chi connectivity index (χ4n) is 3.23. The molecule has 1 rings (SSSR count). The second-order valence-electron chi connectivity index (χ2n) is 6.59. The highest BCUT2D eigenvalue weighted by molar-refractivity contribution is 5.92. The van der Waals surface area contributed by atoms with Gasteiger partial charge in [-0.2, -0.15) is 4.99 Å². The van der Waals surface area contributed by atoms with Gasteiger partial charge in [-0.15, -0.1) is 0 Å². The van der Waals surface area contributed by atoms with Gasteiger partial charge >= 0.3 is 0 Å². The van der Waals surface area contributed by atoms with E-state index in [-0.39, 0.29) is 28.8 Å². The van der Waals surface area contributed by atoms with Gasteiger partial charge in [0.15, 0.2) is 5.96 Å². The van der Waals surface area contributed by atoms with E-state index in [2.05, 4.69) is 37.7 Å².